The van der Waals surface area contributed by atoms with Gasteiger partial charge in [-0.3, -0.25) is 0 Å². The van der Waals surface area contributed by atoms with Crippen LogP contribution in [0, 0.1) is 0 Å². The monoisotopic (exact) mass is 1750 g/mol. The van der Waals surface area contributed by atoms with Crippen LogP contribution in [0.2, 0.25) is 0 Å². The van der Waals surface area contributed by atoms with E-state index in [2.05, 4.69) is 463 Å². The molecule has 2 aliphatic rings. The van der Waals surface area contributed by atoms with Crippen LogP contribution in [0.5, 0.6) is 0 Å². The van der Waals surface area contributed by atoms with E-state index in [9.17, 15) is 0 Å². The fourth-order valence-corrected chi connectivity index (χ4v) is 19.2. The predicted octanol–water partition coefficient (Wildman–Crippen LogP) is 35.2. The lowest BCUT2D eigenvalue weighted by Gasteiger charge is -2.26. The van der Waals surface area contributed by atoms with E-state index in [1.807, 2.05) is 0 Å². The molecule has 2 aliphatic heterocycles. The van der Waals surface area contributed by atoms with Gasteiger partial charge in [0, 0.05) is 99.1 Å². The van der Waals surface area contributed by atoms with E-state index >= 15 is 0 Å². The van der Waals surface area contributed by atoms with Crippen molar-refractivity contribution in [2.45, 2.75) is 314 Å². The number of H-pyrrole nitrogens is 4. The Kier molecular flexibility index (Phi) is 21.7. The molecule has 0 fully saturated rings. The molecule has 4 N–H and O–H groups in total. The Labute approximate surface area is 787 Å². The van der Waals surface area contributed by atoms with Crippen LogP contribution in [0.3, 0.4) is 0 Å². The number of fused-ring (bicyclic) bond motifs is 18. The zero-order valence-corrected chi connectivity index (χ0v) is 86.3. The van der Waals surface area contributed by atoms with Gasteiger partial charge in [-0.25, -0.2) is 19.9 Å². The van der Waals surface area contributed by atoms with E-state index in [1.165, 1.54) is 66.8 Å². The molecular weight excluding hydrogens is 1600 g/mol. The molecule has 0 atom stereocenters. The van der Waals surface area contributed by atoms with E-state index in [1.54, 1.807) is 0 Å². The van der Waals surface area contributed by atoms with Gasteiger partial charge in [-0.1, -0.05) is 358 Å². The van der Waals surface area contributed by atoms with Crippen LogP contribution in [0.15, 0.2) is 170 Å². The summed E-state index contributed by atoms with van der Waals surface area (Å²) < 4.78 is 0. The van der Waals surface area contributed by atoms with E-state index in [-0.39, 0.29) is 65.0 Å². The minimum atomic E-state index is -0.225. The number of aromatic nitrogens is 8. The highest BCUT2D eigenvalue weighted by molar-refractivity contribution is 6.32. The van der Waals surface area contributed by atoms with Crippen LogP contribution >= 0.6 is 0 Å². The first-order chi connectivity index (χ1) is 60.9. The van der Waals surface area contributed by atoms with Crippen molar-refractivity contribution < 1.29 is 0 Å². The molecular formula is C124H144N8. The minimum Gasteiger partial charge on any atom is -0.354 e. The smallest absolute Gasteiger partial charge is 0.0817 e. The lowest BCUT2D eigenvalue weighted by Crippen LogP contribution is -2.16. The normalized spacial score (nSPS) is 13.8. The summed E-state index contributed by atoms with van der Waals surface area (Å²) in [5.74, 6) is 0. The second-order valence-corrected chi connectivity index (χ2v) is 51.2. The maximum atomic E-state index is 6.45. The first-order valence-electron chi connectivity index (χ1n) is 48.3. The summed E-state index contributed by atoms with van der Waals surface area (Å²) in [7, 11) is 0. The molecule has 15 aromatic rings. The summed E-state index contributed by atoms with van der Waals surface area (Å²) in [5, 5.41) is 3.81. The number of hydrogen-bond acceptors (Lipinski definition) is 4. The average molecular weight is 1750 g/mol. The van der Waals surface area contributed by atoms with E-state index in [0.29, 0.717) is 0 Å². The van der Waals surface area contributed by atoms with Gasteiger partial charge >= 0.3 is 0 Å². The van der Waals surface area contributed by atoms with Crippen LogP contribution < -0.4 is 0 Å². The van der Waals surface area contributed by atoms with Gasteiger partial charge in [0.25, 0.3) is 0 Å². The maximum absolute atomic E-state index is 6.45. The number of hydrogen-bond donors (Lipinski definition) is 4. The topological polar surface area (TPSA) is 115 Å². The highest BCUT2D eigenvalue weighted by Gasteiger charge is 2.34. The van der Waals surface area contributed by atoms with Crippen molar-refractivity contribution in [3.05, 3.63) is 259 Å². The highest BCUT2D eigenvalue weighted by atomic mass is 14.8. The summed E-state index contributed by atoms with van der Waals surface area (Å²) in [6.07, 6.45) is 9.11. The largest absolute Gasteiger partial charge is 0.354 e. The quantitative estimate of drug-likeness (QED) is 0.133. The fraction of sp³-hybridized carbons (Fsp3) is 0.387. The molecule has 0 aliphatic carbocycles. The van der Waals surface area contributed by atoms with Gasteiger partial charge in [0.1, 0.15) is 0 Å². The zero-order chi connectivity index (χ0) is 95.7. The van der Waals surface area contributed by atoms with E-state index < -0.39 is 0 Å². The summed E-state index contributed by atoms with van der Waals surface area (Å²) in [6.45, 7) is 84.3. The van der Waals surface area contributed by atoms with Crippen molar-refractivity contribution >= 4 is 112 Å². The van der Waals surface area contributed by atoms with Gasteiger partial charge in [0.2, 0.25) is 0 Å². The molecule has 0 unspecified atom stereocenters. The van der Waals surface area contributed by atoms with Crippen LogP contribution in [-0.2, 0) is 65.0 Å². The molecule has 132 heavy (non-hydrogen) atoms. The molecule has 0 radical (unpaired) electrons. The summed E-state index contributed by atoms with van der Waals surface area (Å²) in [4.78, 5) is 42.4. The van der Waals surface area contributed by atoms with Crippen molar-refractivity contribution in [3.63, 3.8) is 0 Å². The molecule has 8 nitrogen and oxygen atoms in total. The summed E-state index contributed by atoms with van der Waals surface area (Å²) in [5.41, 5.74) is 39.5. The minimum absolute atomic E-state index is 0.177. The van der Waals surface area contributed by atoms with E-state index in [0.717, 1.165) is 177 Å². The molecule has 7 aromatic carbocycles. The van der Waals surface area contributed by atoms with Crippen molar-refractivity contribution in [1.29, 1.82) is 0 Å². The number of benzene rings is 7. The van der Waals surface area contributed by atoms with Crippen molar-refractivity contribution in [1.82, 2.24) is 39.9 Å². The lowest BCUT2D eigenvalue weighted by molar-refractivity contribution is 0.568. The fourth-order valence-electron chi connectivity index (χ4n) is 19.2. The Morgan fingerprint density at radius 3 is 0.492 bits per heavy atom. The molecule has 0 amide bonds. The maximum Gasteiger partial charge on any atom is 0.0817 e. The van der Waals surface area contributed by atoms with Gasteiger partial charge in [-0.2, -0.15) is 0 Å². The summed E-state index contributed by atoms with van der Waals surface area (Å²) >= 11 is 0. The molecule has 0 saturated heterocycles. The molecule has 10 heterocycles. The Bertz CT molecular complexity index is 6930. The number of rotatable bonds is 6. The van der Waals surface area contributed by atoms with Crippen molar-refractivity contribution in [3.8, 4) is 66.8 Å². The van der Waals surface area contributed by atoms with Crippen LogP contribution in [0.1, 0.15) is 339 Å². The predicted molar refractivity (Wildman–Crippen MR) is 574 cm³/mol. The van der Waals surface area contributed by atoms with Crippen LogP contribution in [0.25, 0.3) is 179 Å². The molecule has 8 heteroatoms. The number of aromatic amines is 4. The Hall–Kier alpha value is -11.5. The molecule has 17 rings (SSSR count). The Balaban J connectivity index is 1.17. The molecule has 0 saturated carbocycles. The lowest BCUT2D eigenvalue weighted by atomic mass is 9.78. The van der Waals surface area contributed by atoms with Gasteiger partial charge in [0.15, 0.2) is 0 Å². The third-order valence-corrected chi connectivity index (χ3v) is 28.0. The second-order valence-electron chi connectivity index (χ2n) is 51.2. The van der Waals surface area contributed by atoms with E-state index in [4.69, 9.17) is 19.9 Å². The average Bonchev–Trinajstić information content (AvgIpc) is 1.55. The molecule has 16 bridgehead atoms. The number of nitrogens with one attached hydrogen (secondary N) is 4. The van der Waals surface area contributed by atoms with Gasteiger partial charge in [0.05, 0.1) is 44.8 Å². The Morgan fingerprint density at radius 1 is 0.167 bits per heavy atom. The van der Waals surface area contributed by atoms with Gasteiger partial charge < -0.3 is 19.9 Å². The third kappa shape index (κ3) is 17.4. The second kappa shape index (κ2) is 31.1. The van der Waals surface area contributed by atoms with Crippen molar-refractivity contribution in [2.24, 2.45) is 0 Å². The Morgan fingerprint density at radius 2 is 0.318 bits per heavy atom. The molecule has 8 aromatic heterocycles. The highest BCUT2D eigenvalue weighted by Crippen LogP contribution is 2.51. The van der Waals surface area contributed by atoms with Crippen molar-refractivity contribution in [2.75, 3.05) is 0 Å². The first-order valence-corrected chi connectivity index (χ1v) is 48.3. The molecule has 0 spiro atoms. The van der Waals surface area contributed by atoms with Crippen LogP contribution in [0.4, 0.5) is 0 Å². The zero-order valence-electron chi connectivity index (χ0n) is 86.3. The first kappa shape index (κ1) is 92.4. The summed E-state index contributed by atoms with van der Waals surface area (Å²) in [6, 6.07) is 67.3. The molecule has 680 valence electrons. The van der Waals surface area contributed by atoms with Crippen LogP contribution in [-0.4, -0.2) is 39.9 Å². The third-order valence-electron chi connectivity index (χ3n) is 28.0. The standard InChI is InChI=1S/C124H144N8/c1-113(2,3)75-49-69(50-76(61-75)114(4,5)6)103-89-37-39-91(125-89)105(71-53-79(117(13,14)15)63-80(54-71)118(16,17)18)95-45-47-99(129-95)110-88-68-102-108(74-59-85(123(31,32)33)66-86(60-74)124(34,35)36)98-44-42-94(128-98)104(70-51-77(115(7,8)9)62-78(52-70)116(10,11)12)90-38-40-92(126-90)106(72-55-81(119(19,20)21)64-82(56-72)120(22,23)24)96-46-48-100(130-96)109(112(88)132-102)87-67-101(131-111(87)110)107(97-43-41-93(103)127-97)73-57-83(121(25,26)27)65-84(58-73)122(28,29)30/h37-68,127-130H,1-36H3. The SMILES string of the molecule is CC(C)(C)c1cc(-c2c3nc(c(-c4cc(C(C)(C)C)cc(C(C)(C)C)c4)c4ccc([nH]4)c4c5cc6nc5c(c5ccc([nH]5)c(-c5cc(C(C)(C)C)cc(C(C)(C)C)c5)c5nc(c(-c7cc(C(C)(C)C)cc(C(C)(C)C)c7)c7ccc([nH]7)c6-c6cc(C(C)(C)C)cc(C(C)(C)C)c6)C=C5)c5cc(nc54)c(-c4cc(C(C)(C)C)cc(C(C)(C)C)c4)c4ccc2[nH]4)C=C3)cc(C(C)(C)C)c1. The number of nitrogens with zero attached hydrogens (tertiary/aromatic N) is 4. The van der Waals surface area contributed by atoms with Gasteiger partial charge in [-0.05, 0) is 250 Å². The van der Waals surface area contributed by atoms with Gasteiger partial charge in [-0.15, -0.1) is 0 Å².